The van der Waals surface area contributed by atoms with E-state index in [0.29, 0.717) is 12.6 Å². The summed E-state index contributed by atoms with van der Waals surface area (Å²) in [7, 11) is 0. The molecular formula is C28H30FN3O4. The Morgan fingerprint density at radius 2 is 1.92 bits per heavy atom. The number of aliphatic hydroxyl groups excluding tert-OH is 1. The maximum atomic E-state index is 13.8. The molecule has 8 heteroatoms. The lowest BCUT2D eigenvalue weighted by atomic mass is 9.91. The molecule has 0 spiro atoms. The molecule has 3 aromatic carbocycles. The van der Waals surface area contributed by atoms with Crippen LogP contribution >= 0.6 is 0 Å². The van der Waals surface area contributed by atoms with Crippen molar-refractivity contribution in [3.05, 3.63) is 77.1 Å². The number of likely N-dealkylation sites (tertiary alicyclic amines) is 1. The summed E-state index contributed by atoms with van der Waals surface area (Å²) >= 11 is 0. The highest BCUT2D eigenvalue weighted by atomic mass is 19.1. The van der Waals surface area contributed by atoms with Gasteiger partial charge in [-0.2, -0.15) is 5.06 Å². The van der Waals surface area contributed by atoms with Crippen molar-refractivity contribution in [1.82, 2.24) is 9.96 Å². The number of carbonyl (C=O) groups is 1. The van der Waals surface area contributed by atoms with Crippen molar-refractivity contribution in [2.75, 3.05) is 19.6 Å². The van der Waals surface area contributed by atoms with E-state index in [1.54, 1.807) is 17.2 Å². The van der Waals surface area contributed by atoms with Crippen LogP contribution in [0.5, 0.6) is 5.75 Å². The average Bonchev–Trinajstić information content (AvgIpc) is 3.66. The smallest absolute Gasteiger partial charge is 0.241 e. The standard InChI is InChI=1S/C28H30FN3O4/c29-19-5-11-22-18(14-19)4-10-23-24(22)16-35-32(26(23)28(30)34)25(15-31-12-1-13-31)27(33)17-2-6-20(7-3-17)36-21-8-9-21/h2-7,10-11,14,21,25-27,33H,1,8-9,12-13,15-16H2,(H2,30,34)/t25-,26?,27-/m1/s1. The fourth-order valence-corrected chi connectivity index (χ4v) is 5.21. The lowest BCUT2D eigenvalue weighted by Gasteiger charge is -2.44. The van der Waals surface area contributed by atoms with Crippen LogP contribution in [0.2, 0.25) is 0 Å². The second kappa shape index (κ2) is 9.44. The number of ether oxygens (including phenoxy) is 1. The van der Waals surface area contributed by atoms with Gasteiger partial charge in [0.1, 0.15) is 17.6 Å². The van der Waals surface area contributed by atoms with Gasteiger partial charge < -0.3 is 20.5 Å². The molecule has 1 aliphatic carbocycles. The number of hydrogen-bond donors (Lipinski definition) is 2. The summed E-state index contributed by atoms with van der Waals surface area (Å²) in [6.45, 7) is 2.58. The fraction of sp³-hybridized carbons (Fsp3) is 0.393. The summed E-state index contributed by atoms with van der Waals surface area (Å²) in [6.07, 6.45) is 2.63. The van der Waals surface area contributed by atoms with Gasteiger partial charge in [0.25, 0.3) is 0 Å². The molecule has 0 aromatic heterocycles. The lowest BCUT2D eigenvalue weighted by Crippen LogP contribution is -2.55. The quantitative estimate of drug-likeness (QED) is 0.501. The number of nitrogens with zero attached hydrogens (tertiary/aromatic N) is 2. The Balaban J connectivity index is 1.34. The van der Waals surface area contributed by atoms with E-state index in [1.165, 1.54) is 12.1 Å². The number of benzene rings is 3. The van der Waals surface area contributed by atoms with Crippen molar-refractivity contribution in [3.8, 4) is 5.75 Å². The number of rotatable bonds is 8. The summed E-state index contributed by atoms with van der Waals surface area (Å²) in [5, 5.41) is 14.7. The third-order valence-electron chi connectivity index (χ3n) is 7.44. The molecular weight excluding hydrogens is 461 g/mol. The zero-order chi connectivity index (χ0) is 24.8. The number of primary amides is 1. The number of halogens is 1. The number of hydrogen-bond acceptors (Lipinski definition) is 6. The SMILES string of the molecule is NC(=O)C1c2ccc3cc(F)ccc3c2CON1[C@H](CN1CCC1)[C@H](O)c1ccc(OC2CC2)cc1. The minimum Gasteiger partial charge on any atom is -0.490 e. The lowest BCUT2D eigenvalue weighted by molar-refractivity contribution is -0.250. The first-order valence-electron chi connectivity index (χ1n) is 12.6. The second-order valence-electron chi connectivity index (χ2n) is 9.99. The maximum absolute atomic E-state index is 13.8. The Bertz CT molecular complexity index is 1280. The van der Waals surface area contributed by atoms with Gasteiger partial charge in [0.15, 0.2) is 0 Å². The van der Waals surface area contributed by atoms with Gasteiger partial charge in [0.05, 0.1) is 24.9 Å². The minimum absolute atomic E-state index is 0.194. The van der Waals surface area contributed by atoms with Crippen molar-refractivity contribution in [1.29, 1.82) is 0 Å². The first kappa shape index (κ1) is 23.4. The first-order valence-corrected chi connectivity index (χ1v) is 12.6. The second-order valence-corrected chi connectivity index (χ2v) is 9.99. The van der Waals surface area contributed by atoms with Crippen LogP contribution < -0.4 is 10.5 Å². The van der Waals surface area contributed by atoms with Gasteiger partial charge in [-0.05, 0) is 84.1 Å². The molecule has 3 aromatic rings. The zero-order valence-corrected chi connectivity index (χ0v) is 20.0. The highest BCUT2D eigenvalue weighted by molar-refractivity contribution is 5.90. The molecule has 1 saturated carbocycles. The van der Waals surface area contributed by atoms with Crippen LogP contribution in [0.4, 0.5) is 4.39 Å². The predicted molar refractivity (Wildman–Crippen MR) is 132 cm³/mol. The van der Waals surface area contributed by atoms with Crippen LogP contribution in [-0.2, 0) is 16.2 Å². The monoisotopic (exact) mass is 491 g/mol. The number of aliphatic hydroxyl groups is 1. The minimum atomic E-state index is -0.918. The zero-order valence-electron chi connectivity index (χ0n) is 20.0. The topological polar surface area (TPSA) is 88.3 Å². The molecule has 2 fully saturated rings. The van der Waals surface area contributed by atoms with Crippen LogP contribution in [0.3, 0.4) is 0 Å². The Kier molecular flexibility index (Phi) is 6.13. The summed E-state index contributed by atoms with van der Waals surface area (Å²) in [5.41, 5.74) is 8.19. The van der Waals surface area contributed by atoms with Gasteiger partial charge in [-0.15, -0.1) is 0 Å². The van der Waals surface area contributed by atoms with E-state index < -0.39 is 24.1 Å². The number of nitrogens with two attached hydrogens (primary N) is 1. The number of carbonyl (C=O) groups excluding carboxylic acids is 1. The van der Waals surface area contributed by atoms with Crippen molar-refractivity contribution in [3.63, 3.8) is 0 Å². The van der Waals surface area contributed by atoms with E-state index >= 15 is 0 Å². The molecule has 6 rings (SSSR count). The van der Waals surface area contributed by atoms with E-state index in [-0.39, 0.29) is 12.4 Å². The Morgan fingerprint density at radius 3 is 2.58 bits per heavy atom. The molecule has 0 radical (unpaired) electrons. The molecule has 2 aliphatic heterocycles. The fourth-order valence-electron chi connectivity index (χ4n) is 5.21. The highest BCUT2D eigenvalue weighted by Gasteiger charge is 2.42. The molecule has 0 bridgehead atoms. The molecule has 7 nitrogen and oxygen atoms in total. The van der Waals surface area contributed by atoms with Gasteiger partial charge in [0.2, 0.25) is 5.91 Å². The molecule has 3 N–H and O–H groups in total. The molecule has 36 heavy (non-hydrogen) atoms. The first-order chi connectivity index (χ1) is 17.5. The summed E-state index contributed by atoms with van der Waals surface area (Å²) < 4.78 is 19.6. The van der Waals surface area contributed by atoms with Gasteiger partial charge in [-0.25, -0.2) is 4.39 Å². The van der Waals surface area contributed by atoms with Crippen molar-refractivity contribution in [2.45, 2.75) is 50.2 Å². The van der Waals surface area contributed by atoms with Crippen molar-refractivity contribution in [2.24, 2.45) is 5.73 Å². The summed E-state index contributed by atoms with van der Waals surface area (Å²) in [4.78, 5) is 21.3. The van der Waals surface area contributed by atoms with Crippen LogP contribution in [-0.4, -0.2) is 52.8 Å². The van der Waals surface area contributed by atoms with Gasteiger partial charge in [-0.3, -0.25) is 9.63 Å². The van der Waals surface area contributed by atoms with Crippen molar-refractivity contribution < 1.29 is 23.9 Å². The van der Waals surface area contributed by atoms with E-state index in [1.807, 2.05) is 30.3 Å². The molecule has 1 saturated heterocycles. The van der Waals surface area contributed by atoms with Gasteiger partial charge >= 0.3 is 0 Å². The highest BCUT2D eigenvalue weighted by Crippen LogP contribution is 2.39. The maximum Gasteiger partial charge on any atom is 0.241 e. The average molecular weight is 492 g/mol. The number of amides is 1. The van der Waals surface area contributed by atoms with Crippen LogP contribution in [0.25, 0.3) is 10.8 Å². The van der Waals surface area contributed by atoms with E-state index in [0.717, 1.165) is 65.6 Å². The van der Waals surface area contributed by atoms with Crippen LogP contribution in [0, 0.1) is 5.82 Å². The predicted octanol–water partition coefficient (Wildman–Crippen LogP) is 3.60. The summed E-state index contributed by atoms with van der Waals surface area (Å²) in [6, 6.07) is 14.3. The normalized spacial score (nSPS) is 22.0. The van der Waals surface area contributed by atoms with E-state index in [4.69, 9.17) is 15.3 Å². The van der Waals surface area contributed by atoms with Gasteiger partial charge in [-0.1, -0.05) is 30.3 Å². The molecule has 188 valence electrons. The Morgan fingerprint density at radius 1 is 1.14 bits per heavy atom. The third-order valence-corrected chi connectivity index (χ3v) is 7.44. The Labute approximate surface area is 209 Å². The third kappa shape index (κ3) is 4.46. The van der Waals surface area contributed by atoms with Gasteiger partial charge in [0, 0.05) is 6.54 Å². The largest absolute Gasteiger partial charge is 0.490 e. The molecule has 2 heterocycles. The van der Waals surface area contributed by atoms with E-state index in [2.05, 4.69) is 4.90 Å². The number of fused-ring (bicyclic) bond motifs is 3. The Hall–Kier alpha value is -3.04. The summed E-state index contributed by atoms with van der Waals surface area (Å²) in [5.74, 6) is -0.0980. The van der Waals surface area contributed by atoms with Crippen LogP contribution in [0.15, 0.2) is 54.6 Å². The van der Waals surface area contributed by atoms with Crippen LogP contribution in [0.1, 0.15) is 48.1 Å². The van der Waals surface area contributed by atoms with Crippen molar-refractivity contribution >= 4 is 16.7 Å². The molecule has 1 unspecified atom stereocenters. The molecule has 3 atom stereocenters. The molecule has 1 amide bonds. The van der Waals surface area contributed by atoms with E-state index in [9.17, 15) is 14.3 Å². The molecule has 3 aliphatic rings. The number of hydroxylamine groups is 2.